The predicted molar refractivity (Wildman–Crippen MR) is 55.9 cm³/mol. The molecule has 0 spiro atoms. The van der Waals surface area contributed by atoms with Gasteiger partial charge in [0.2, 0.25) is 0 Å². The van der Waals surface area contributed by atoms with E-state index >= 15 is 0 Å². The zero-order valence-electron chi connectivity index (χ0n) is 8.46. The fourth-order valence-corrected chi connectivity index (χ4v) is 2.42. The zero-order valence-corrected chi connectivity index (χ0v) is 9.27. The first-order valence-corrected chi connectivity index (χ1v) is 5.80. The van der Waals surface area contributed by atoms with Crippen LogP contribution >= 0.6 is 11.8 Å². The summed E-state index contributed by atoms with van der Waals surface area (Å²) in [5, 5.41) is 11.2. The van der Waals surface area contributed by atoms with Crippen molar-refractivity contribution in [2.75, 3.05) is 31.9 Å². The Labute approximate surface area is 95.9 Å². The van der Waals surface area contributed by atoms with Crippen molar-refractivity contribution in [3.8, 4) is 0 Å². The maximum Gasteiger partial charge on any atom is 0.407 e. The standard InChI is InChI=1S/C8H11N3O4S/c12-6-5-16-8(15)11(6)10-3-1-9(2-4-10)7(13)14/h1-5H2,(H,13,14). The van der Waals surface area contributed by atoms with E-state index in [-0.39, 0.29) is 16.9 Å². The minimum Gasteiger partial charge on any atom is -0.465 e. The molecule has 0 bridgehead atoms. The molecule has 0 aliphatic carbocycles. The Balaban J connectivity index is 1.96. The van der Waals surface area contributed by atoms with E-state index in [2.05, 4.69) is 0 Å². The van der Waals surface area contributed by atoms with Gasteiger partial charge in [0.1, 0.15) is 0 Å². The molecule has 1 N–H and O–H groups in total. The van der Waals surface area contributed by atoms with Gasteiger partial charge in [-0.3, -0.25) is 9.59 Å². The lowest BCUT2D eigenvalue weighted by Crippen LogP contribution is -2.56. The van der Waals surface area contributed by atoms with Crippen LogP contribution in [0.4, 0.5) is 9.59 Å². The molecule has 2 aliphatic heterocycles. The van der Waals surface area contributed by atoms with Crippen LogP contribution in [0.15, 0.2) is 0 Å². The number of hydrogen-bond acceptors (Lipinski definition) is 5. The summed E-state index contributed by atoms with van der Waals surface area (Å²) in [6, 6.07) is 0. The second-order valence-corrected chi connectivity index (χ2v) is 4.41. The molecule has 2 fully saturated rings. The van der Waals surface area contributed by atoms with Gasteiger partial charge in [0.05, 0.1) is 5.75 Å². The molecule has 0 saturated carbocycles. The van der Waals surface area contributed by atoms with Crippen LogP contribution < -0.4 is 0 Å². The van der Waals surface area contributed by atoms with Crippen molar-refractivity contribution in [3.05, 3.63) is 0 Å². The van der Waals surface area contributed by atoms with Gasteiger partial charge < -0.3 is 10.0 Å². The van der Waals surface area contributed by atoms with Crippen molar-refractivity contribution in [1.29, 1.82) is 0 Å². The van der Waals surface area contributed by atoms with Gasteiger partial charge in [-0.05, 0) is 0 Å². The fraction of sp³-hybridized carbons (Fsp3) is 0.625. The van der Waals surface area contributed by atoms with E-state index in [9.17, 15) is 14.4 Å². The average molecular weight is 245 g/mol. The third kappa shape index (κ3) is 1.98. The summed E-state index contributed by atoms with van der Waals surface area (Å²) in [4.78, 5) is 34.7. The minimum absolute atomic E-state index is 0.179. The van der Waals surface area contributed by atoms with Gasteiger partial charge in [0, 0.05) is 26.2 Å². The number of carbonyl (C=O) groups excluding carboxylic acids is 2. The number of hydrogen-bond donors (Lipinski definition) is 1. The molecular weight excluding hydrogens is 234 g/mol. The van der Waals surface area contributed by atoms with Crippen LogP contribution in [-0.2, 0) is 4.79 Å². The maximum atomic E-state index is 11.4. The van der Waals surface area contributed by atoms with E-state index in [1.807, 2.05) is 0 Å². The number of amides is 3. The topological polar surface area (TPSA) is 81.2 Å². The molecule has 3 amide bonds. The van der Waals surface area contributed by atoms with Crippen LogP contribution in [0, 0.1) is 0 Å². The third-order valence-corrected chi connectivity index (χ3v) is 3.35. The molecule has 0 aromatic heterocycles. The summed E-state index contributed by atoms with van der Waals surface area (Å²) in [7, 11) is 0. The molecule has 7 nitrogen and oxygen atoms in total. The summed E-state index contributed by atoms with van der Waals surface area (Å²) in [5.74, 6) is -0.0448. The van der Waals surface area contributed by atoms with Crippen LogP contribution in [0.2, 0.25) is 0 Å². The quantitative estimate of drug-likeness (QED) is 0.694. The van der Waals surface area contributed by atoms with Crippen LogP contribution in [0.1, 0.15) is 0 Å². The highest BCUT2D eigenvalue weighted by molar-refractivity contribution is 8.14. The number of nitrogens with zero attached hydrogens (tertiary/aromatic N) is 3. The molecule has 8 heteroatoms. The monoisotopic (exact) mass is 245 g/mol. The van der Waals surface area contributed by atoms with Crippen molar-refractivity contribution in [1.82, 2.24) is 14.9 Å². The van der Waals surface area contributed by atoms with E-state index in [0.717, 1.165) is 16.8 Å². The molecule has 2 saturated heterocycles. The number of thioether (sulfide) groups is 1. The molecule has 2 aliphatic rings. The molecule has 0 aromatic carbocycles. The molecule has 88 valence electrons. The van der Waals surface area contributed by atoms with Gasteiger partial charge in [0.15, 0.2) is 0 Å². The molecule has 0 atom stereocenters. The normalized spacial score (nSPS) is 23.0. The Hall–Kier alpha value is -1.28. The average Bonchev–Trinajstić information content (AvgIpc) is 2.59. The summed E-state index contributed by atoms with van der Waals surface area (Å²) < 4.78 is 0. The highest BCUT2D eigenvalue weighted by Crippen LogP contribution is 2.21. The van der Waals surface area contributed by atoms with Gasteiger partial charge in [-0.2, -0.15) is 5.01 Å². The Morgan fingerprint density at radius 3 is 2.25 bits per heavy atom. The molecule has 0 aromatic rings. The highest BCUT2D eigenvalue weighted by atomic mass is 32.2. The van der Waals surface area contributed by atoms with Crippen molar-refractivity contribution >= 4 is 29.0 Å². The van der Waals surface area contributed by atoms with Gasteiger partial charge >= 0.3 is 11.3 Å². The van der Waals surface area contributed by atoms with Crippen LogP contribution in [-0.4, -0.2) is 69.2 Å². The number of imide groups is 1. The number of hydrazine groups is 1. The maximum absolute atomic E-state index is 11.4. The van der Waals surface area contributed by atoms with Crippen LogP contribution in [0.3, 0.4) is 0 Å². The summed E-state index contributed by atoms with van der Waals surface area (Å²) >= 11 is 0.980. The second-order valence-electron chi connectivity index (χ2n) is 3.48. The van der Waals surface area contributed by atoms with E-state index in [4.69, 9.17) is 5.11 Å². The van der Waals surface area contributed by atoms with Crippen molar-refractivity contribution < 1.29 is 19.5 Å². The molecule has 0 unspecified atom stereocenters. The third-order valence-electron chi connectivity index (χ3n) is 2.54. The van der Waals surface area contributed by atoms with Gasteiger partial charge in [0.25, 0.3) is 5.91 Å². The lowest BCUT2D eigenvalue weighted by Gasteiger charge is -2.36. The van der Waals surface area contributed by atoms with Gasteiger partial charge in [-0.15, -0.1) is 0 Å². The number of carbonyl (C=O) groups is 3. The van der Waals surface area contributed by atoms with Crippen LogP contribution in [0.5, 0.6) is 0 Å². The lowest BCUT2D eigenvalue weighted by molar-refractivity contribution is -0.138. The highest BCUT2D eigenvalue weighted by Gasteiger charge is 2.36. The SMILES string of the molecule is O=C(O)N1CCN(N2C(=O)CSC2=O)CC1. The first-order valence-electron chi connectivity index (χ1n) is 4.82. The van der Waals surface area contributed by atoms with Crippen molar-refractivity contribution in [2.24, 2.45) is 0 Å². The van der Waals surface area contributed by atoms with E-state index < -0.39 is 6.09 Å². The summed E-state index contributed by atoms with van der Waals surface area (Å²) in [6.45, 7) is 1.39. The van der Waals surface area contributed by atoms with E-state index in [1.54, 1.807) is 5.01 Å². The Kier molecular flexibility index (Phi) is 3.01. The van der Waals surface area contributed by atoms with E-state index in [0.29, 0.717) is 26.2 Å². The van der Waals surface area contributed by atoms with Crippen LogP contribution in [0.25, 0.3) is 0 Å². The molecule has 2 heterocycles. The molecule has 0 radical (unpaired) electrons. The molecule has 2 rings (SSSR count). The van der Waals surface area contributed by atoms with Gasteiger partial charge in [-0.25, -0.2) is 9.80 Å². The largest absolute Gasteiger partial charge is 0.465 e. The lowest BCUT2D eigenvalue weighted by atomic mass is 10.4. The number of carboxylic acid groups (broad SMARTS) is 1. The second kappa shape index (κ2) is 4.30. The Bertz CT molecular complexity index is 324. The summed E-state index contributed by atoms with van der Waals surface area (Å²) in [6.07, 6.45) is -0.965. The smallest absolute Gasteiger partial charge is 0.407 e. The zero-order chi connectivity index (χ0) is 11.7. The van der Waals surface area contributed by atoms with Gasteiger partial charge in [-0.1, -0.05) is 11.8 Å². The van der Waals surface area contributed by atoms with Crippen molar-refractivity contribution in [2.45, 2.75) is 0 Å². The molecule has 16 heavy (non-hydrogen) atoms. The number of piperazine rings is 1. The molecular formula is C8H11N3O4S. The van der Waals surface area contributed by atoms with E-state index in [1.165, 1.54) is 4.90 Å². The fourth-order valence-electron chi connectivity index (χ4n) is 1.71. The predicted octanol–water partition coefficient (Wildman–Crippen LogP) is -0.108. The summed E-state index contributed by atoms with van der Waals surface area (Å²) in [5.41, 5.74) is 0. The first kappa shape index (κ1) is 11.2. The first-order chi connectivity index (χ1) is 7.59. The Morgan fingerprint density at radius 2 is 1.81 bits per heavy atom. The minimum atomic E-state index is -0.965. The Morgan fingerprint density at radius 1 is 1.19 bits per heavy atom. The number of rotatable bonds is 1. The van der Waals surface area contributed by atoms with Crippen molar-refractivity contribution in [3.63, 3.8) is 0 Å².